The second-order valence-corrected chi connectivity index (χ2v) is 5.86. The van der Waals surface area contributed by atoms with Gasteiger partial charge in [-0.15, -0.1) is 0 Å². The summed E-state index contributed by atoms with van der Waals surface area (Å²) in [6, 6.07) is 0. The van der Waals surface area contributed by atoms with Crippen molar-refractivity contribution in [3.63, 3.8) is 0 Å². The van der Waals surface area contributed by atoms with Gasteiger partial charge in [0.15, 0.2) is 9.84 Å². The zero-order valence-corrected chi connectivity index (χ0v) is 8.85. The Bertz CT molecular complexity index is 322. The van der Waals surface area contributed by atoms with Gasteiger partial charge in [-0.25, -0.2) is 8.42 Å². The van der Waals surface area contributed by atoms with Crippen molar-refractivity contribution in [2.75, 3.05) is 26.3 Å². The minimum absolute atomic E-state index is 0.218. The molecule has 0 aromatic carbocycles. The highest BCUT2D eigenvalue weighted by molar-refractivity contribution is 7.94. The van der Waals surface area contributed by atoms with Crippen molar-refractivity contribution in [3.8, 4) is 0 Å². The van der Waals surface area contributed by atoms with E-state index < -0.39 is 9.84 Å². The Labute approximate surface area is 84.2 Å². The van der Waals surface area contributed by atoms with E-state index in [0.29, 0.717) is 26.1 Å². The van der Waals surface area contributed by atoms with Crippen molar-refractivity contribution in [3.05, 3.63) is 11.0 Å². The van der Waals surface area contributed by atoms with Crippen molar-refractivity contribution in [2.24, 2.45) is 0 Å². The van der Waals surface area contributed by atoms with Gasteiger partial charge in [-0.2, -0.15) is 0 Å². The van der Waals surface area contributed by atoms with Crippen LogP contribution in [0.5, 0.6) is 0 Å². The van der Waals surface area contributed by atoms with Crippen molar-refractivity contribution < 1.29 is 13.2 Å². The lowest BCUT2D eigenvalue weighted by molar-refractivity contribution is 0.0985. The maximum Gasteiger partial charge on any atom is 0.174 e. The first-order valence-electron chi connectivity index (χ1n) is 4.90. The molecule has 0 spiro atoms. The molecule has 0 amide bonds. The van der Waals surface area contributed by atoms with Gasteiger partial charge in [0.2, 0.25) is 0 Å². The van der Waals surface area contributed by atoms with Crippen LogP contribution in [-0.2, 0) is 14.6 Å². The van der Waals surface area contributed by atoms with Crippen LogP contribution >= 0.6 is 0 Å². The Morgan fingerprint density at radius 3 is 2.43 bits per heavy atom. The average Bonchev–Trinajstić information content (AvgIpc) is 2.13. The highest BCUT2D eigenvalue weighted by atomic mass is 32.2. The SMILES string of the molecule is O=S(=O)(C=C1CNC1)C1CCOCC1. The van der Waals surface area contributed by atoms with E-state index in [1.54, 1.807) is 0 Å². The van der Waals surface area contributed by atoms with Crippen LogP contribution in [0.25, 0.3) is 0 Å². The van der Waals surface area contributed by atoms with Gasteiger partial charge in [-0.05, 0) is 18.4 Å². The smallest absolute Gasteiger partial charge is 0.174 e. The third-order valence-corrected chi connectivity index (χ3v) is 4.73. The third-order valence-electron chi connectivity index (χ3n) is 2.67. The normalized spacial score (nSPS) is 24.4. The predicted octanol–water partition coefficient (Wildman–Crippen LogP) is 0.0673. The summed E-state index contributed by atoms with van der Waals surface area (Å²) in [7, 11) is -3.03. The summed E-state index contributed by atoms with van der Waals surface area (Å²) in [5, 5.41) is 4.27. The molecule has 0 aromatic rings. The quantitative estimate of drug-likeness (QED) is 0.711. The molecule has 0 aromatic heterocycles. The molecule has 80 valence electrons. The van der Waals surface area contributed by atoms with Crippen LogP contribution in [0.1, 0.15) is 12.8 Å². The second kappa shape index (κ2) is 4.00. The van der Waals surface area contributed by atoms with Crippen molar-refractivity contribution in [2.45, 2.75) is 18.1 Å². The van der Waals surface area contributed by atoms with Crippen LogP contribution in [0.2, 0.25) is 0 Å². The van der Waals surface area contributed by atoms with Crippen LogP contribution in [-0.4, -0.2) is 40.0 Å². The summed E-state index contributed by atoms with van der Waals surface area (Å²) in [4.78, 5) is 0. The molecular weight excluding hydrogens is 202 g/mol. The van der Waals surface area contributed by atoms with Crippen molar-refractivity contribution >= 4 is 9.84 Å². The second-order valence-electron chi connectivity index (χ2n) is 3.78. The summed E-state index contributed by atoms with van der Waals surface area (Å²) >= 11 is 0. The fraction of sp³-hybridized carbons (Fsp3) is 0.778. The topological polar surface area (TPSA) is 55.4 Å². The Morgan fingerprint density at radius 1 is 1.29 bits per heavy atom. The maximum absolute atomic E-state index is 11.8. The summed E-state index contributed by atoms with van der Waals surface area (Å²) in [5.41, 5.74) is 0.997. The molecule has 2 heterocycles. The van der Waals surface area contributed by atoms with E-state index in [9.17, 15) is 8.42 Å². The molecule has 2 rings (SSSR count). The monoisotopic (exact) mass is 217 g/mol. The molecule has 4 nitrogen and oxygen atoms in total. The fourth-order valence-electron chi connectivity index (χ4n) is 1.69. The molecular formula is C9H15NO3S. The highest BCUT2D eigenvalue weighted by Crippen LogP contribution is 2.19. The Balaban J connectivity index is 2.06. The summed E-state index contributed by atoms with van der Waals surface area (Å²) < 4.78 is 28.8. The van der Waals surface area contributed by atoms with E-state index in [4.69, 9.17) is 4.74 Å². The van der Waals surface area contributed by atoms with E-state index in [1.807, 2.05) is 0 Å². The van der Waals surface area contributed by atoms with Crippen molar-refractivity contribution in [1.29, 1.82) is 0 Å². The van der Waals surface area contributed by atoms with Crippen LogP contribution in [0.4, 0.5) is 0 Å². The molecule has 2 aliphatic heterocycles. The van der Waals surface area contributed by atoms with Crippen LogP contribution < -0.4 is 5.32 Å². The molecule has 0 unspecified atom stereocenters. The summed E-state index contributed by atoms with van der Waals surface area (Å²) in [6.07, 6.45) is 1.28. The lowest BCUT2D eigenvalue weighted by Crippen LogP contribution is -2.35. The number of nitrogens with one attached hydrogen (secondary N) is 1. The van der Waals surface area contributed by atoms with E-state index in [-0.39, 0.29) is 5.25 Å². The maximum atomic E-state index is 11.8. The van der Waals surface area contributed by atoms with E-state index >= 15 is 0 Å². The lowest BCUT2D eigenvalue weighted by atomic mass is 10.2. The van der Waals surface area contributed by atoms with Crippen LogP contribution in [0.15, 0.2) is 11.0 Å². The fourth-order valence-corrected chi connectivity index (χ4v) is 3.36. The molecule has 5 heteroatoms. The number of hydrogen-bond acceptors (Lipinski definition) is 4. The molecule has 1 N–H and O–H groups in total. The third kappa shape index (κ3) is 2.16. The zero-order chi connectivity index (χ0) is 10.0. The molecule has 14 heavy (non-hydrogen) atoms. The molecule has 0 radical (unpaired) electrons. The number of ether oxygens (including phenoxy) is 1. The summed E-state index contributed by atoms with van der Waals surface area (Å²) in [6.45, 7) is 2.60. The molecule has 0 saturated carbocycles. The van der Waals surface area contributed by atoms with Gasteiger partial charge in [0, 0.05) is 31.7 Å². The van der Waals surface area contributed by atoms with Gasteiger partial charge in [0.25, 0.3) is 0 Å². The van der Waals surface area contributed by atoms with E-state index in [0.717, 1.165) is 18.7 Å². The highest BCUT2D eigenvalue weighted by Gasteiger charge is 2.27. The molecule has 0 atom stereocenters. The number of hydrogen-bond donors (Lipinski definition) is 1. The van der Waals surface area contributed by atoms with E-state index in [1.165, 1.54) is 5.41 Å². The van der Waals surface area contributed by atoms with Gasteiger partial charge in [0.05, 0.1) is 5.25 Å². The minimum atomic E-state index is -3.03. The van der Waals surface area contributed by atoms with Crippen LogP contribution in [0.3, 0.4) is 0 Å². The Morgan fingerprint density at radius 2 is 1.93 bits per heavy atom. The summed E-state index contributed by atoms with van der Waals surface area (Å²) in [5.74, 6) is 0. The first-order valence-corrected chi connectivity index (χ1v) is 6.51. The molecule has 2 aliphatic rings. The molecule has 2 saturated heterocycles. The van der Waals surface area contributed by atoms with Gasteiger partial charge in [-0.3, -0.25) is 0 Å². The van der Waals surface area contributed by atoms with Crippen molar-refractivity contribution in [1.82, 2.24) is 5.32 Å². The molecule has 0 bridgehead atoms. The van der Waals surface area contributed by atoms with Gasteiger partial charge in [-0.1, -0.05) is 0 Å². The Kier molecular flexibility index (Phi) is 2.90. The van der Waals surface area contributed by atoms with Crippen LogP contribution in [0, 0.1) is 0 Å². The largest absolute Gasteiger partial charge is 0.381 e. The molecule has 2 fully saturated rings. The number of sulfone groups is 1. The molecule has 0 aliphatic carbocycles. The van der Waals surface area contributed by atoms with E-state index in [2.05, 4.69) is 5.32 Å². The first kappa shape index (κ1) is 10.1. The average molecular weight is 217 g/mol. The lowest BCUT2D eigenvalue weighted by Gasteiger charge is -2.23. The minimum Gasteiger partial charge on any atom is -0.381 e. The van der Waals surface area contributed by atoms with Gasteiger partial charge < -0.3 is 10.1 Å². The standard InChI is InChI=1S/C9H15NO3S/c11-14(12,7-8-5-10-6-8)9-1-3-13-4-2-9/h7,9-10H,1-6H2. The first-order chi connectivity index (χ1) is 6.68. The Hall–Kier alpha value is -0.390. The van der Waals surface area contributed by atoms with Gasteiger partial charge >= 0.3 is 0 Å². The van der Waals surface area contributed by atoms with Gasteiger partial charge in [0.1, 0.15) is 0 Å². The zero-order valence-electron chi connectivity index (χ0n) is 8.03. The number of rotatable bonds is 2. The predicted molar refractivity (Wildman–Crippen MR) is 53.7 cm³/mol.